The van der Waals surface area contributed by atoms with Crippen molar-refractivity contribution in [2.24, 2.45) is 0 Å². The second-order valence-electron chi connectivity index (χ2n) is 21.7. The Bertz CT molecular complexity index is 4210. The van der Waals surface area contributed by atoms with E-state index >= 15 is 0 Å². The van der Waals surface area contributed by atoms with Crippen LogP contribution in [0.25, 0.3) is 86.4 Å². The van der Waals surface area contributed by atoms with Gasteiger partial charge in [-0.1, -0.05) is 302 Å². The maximum atomic E-state index is 4.38. The van der Waals surface area contributed by atoms with Crippen LogP contribution in [0.1, 0.15) is 164 Å². The van der Waals surface area contributed by atoms with Crippen LogP contribution in [-0.2, 0) is 0 Å². The lowest BCUT2D eigenvalue weighted by Crippen LogP contribution is -1.86. The highest BCUT2D eigenvalue weighted by Crippen LogP contribution is 2.35. The Morgan fingerprint density at radius 2 is 0.564 bits per heavy atom. The van der Waals surface area contributed by atoms with Crippen molar-refractivity contribution in [1.29, 1.82) is 0 Å². The van der Waals surface area contributed by atoms with Gasteiger partial charge >= 0.3 is 0 Å². The van der Waals surface area contributed by atoms with Crippen LogP contribution >= 0.6 is 0 Å². The van der Waals surface area contributed by atoms with Gasteiger partial charge in [0.1, 0.15) is 0 Å². The summed E-state index contributed by atoms with van der Waals surface area (Å²) in [5, 5.41) is 18.6. The van der Waals surface area contributed by atoms with E-state index in [2.05, 4.69) is 297 Å². The standard InChI is InChI=1S/C20H16.2C12H12.3C11H11N.7C2H6/c1-13-11-19-18-10-6-4-8-16(18)14(2)12-20(19)17-9-5-3-7-15(13)17;1-9-3-5-11-6-4-10(2)8-12(11)7-9;1-9-6-7-12-10(2)4-3-5-11(12)8-9;1-8-3-4-10-5-9(2)7-12-11(10)6-8;1-8-6-10-5-3-4-9(2)11(10)12-7-8;1-8-7-12-9(2)11-6-4-3-5-10(8)11;7*1-2/h3-12H,1-2H3;2*3-8H,1-2H3;3*3-7H,1-2H3;7*1-2H3. The lowest BCUT2D eigenvalue weighted by Gasteiger charge is -2.12. The summed E-state index contributed by atoms with van der Waals surface area (Å²) in [6.07, 6.45) is 5.74. The number of hydrogen-bond acceptors (Lipinski definition) is 3. The van der Waals surface area contributed by atoms with Gasteiger partial charge in [-0.05, 0) is 205 Å². The van der Waals surface area contributed by atoms with Crippen LogP contribution in [-0.4, -0.2) is 15.0 Å². The first-order valence-corrected chi connectivity index (χ1v) is 34.8. The topological polar surface area (TPSA) is 38.7 Å². The van der Waals surface area contributed by atoms with Gasteiger partial charge in [-0.3, -0.25) is 15.0 Å². The largest absolute Gasteiger partial charge is 0.261 e. The molecule has 11 aromatic carbocycles. The Morgan fingerprint density at radius 3 is 1.05 bits per heavy atom. The average Bonchev–Trinajstić information content (AvgIpc) is 0.756. The number of para-hydroxylation sites is 1. The SMILES string of the molecule is CC.CC.CC.CC.CC.CC.CC.Cc1cc2c3ccccc3c(C)cc2c2ccccc12.Cc1ccc2c(C)cccc2c1.Cc1ccc2ccc(C)cc2c1.Cc1cnc(C)c2ccccc12.Cc1cnc2c(C)cccc2c1.Cc1cnc2cc(C)ccc2c1. The quantitative estimate of drug-likeness (QED) is 0.142. The van der Waals surface area contributed by atoms with Gasteiger partial charge in [0, 0.05) is 40.4 Å². The first-order valence-electron chi connectivity index (χ1n) is 34.8. The minimum atomic E-state index is 1.08. The molecule has 0 saturated carbocycles. The lowest BCUT2D eigenvalue weighted by atomic mass is 9.92. The van der Waals surface area contributed by atoms with Gasteiger partial charge in [-0.25, -0.2) is 0 Å². The lowest BCUT2D eigenvalue weighted by molar-refractivity contribution is 1.21. The van der Waals surface area contributed by atoms with Crippen molar-refractivity contribution in [1.82, 2.24) is 15.0 Å². The van der Waals surface area contributed by atoms with E-state index in [9.17, 15) is 0 Å². The normalized spacial score (nSPS) is 9.60. The second kappa shape index (κ2) is 43.7. The average molecular weight is 1250 g/mol. The highest BCUT2D eigenvalue weighted by molar-refractivity contribution is 6.19. The number of pyridine rings is 3. The first kappa shape index (κ1) is 81.0. The van der Waals surface area contributed by atoms with Gasteiger partial charge < -0.3 is 0 Å². The smallest absolute Gasteiger partial charge is 0.0731 e. The fourth-order valence-corrected chi connectivity index (χ4v) is 10.6. The predicted octanol–water partition coefficient (Wildman–Crippen LogP) is 28.4. The van der Waals surface area contributed by atoms with Crippen LogP contribution in [0, 0.1) is 83.1 Å². The van der Waals surface area contributed by atoms with Crippen LogP contribution < -0.4 is 0 Å². The van der Waals surface area contributed by atoms with Crippen LogP contribution in [0.5, 0.6) is 0 Å². The zero-order valence-corrected chi connectivity index (χ0v) is 62.7. The van der Waals surface area contributed by atoms with Gasteiger partial charge in [0.25, 0.3) is 0 Å². The highest BCUT2D eigenvalue weighted by Gasteiger charge is 2.09. The second-order valence-corrected chi connectivity index (χ2v) is 21.7. The van der Waals surface area contributed by atoms with Gasteiger partial charge in [0.15, 0.2) is 0 Å². The maximum Gasteiger partial charge on any atom is 0.0731 e. The molecule has 14 aromatic rings. The number of nitrogens with zero attached hydrogens (tertiary/aromatic N) is 3. The monoisotopic (exact) mass is 1250 g/mol. The summed E-state index contributed by atoms with van der Waals surface area (Å²) in [4.78, 5) is 13.0. The number of fused-ring (bicyclic) bond motifs is 10. The van der Waals surface area contributed by atoms with Gasteiger partial charge in [0.2, 0.25) is 0 Å². The van der Waals surface area contributed by atoms with Crippen molar-refractivity contribution in [3.8, 4) is 0 Å². The molecule has 0 aliphatic rings. The third kappa shape index (κ3) is 23.2. The van der Waals surface area contributed by atoms with E-state index in [0.717, 1.165) is 16.7 Å². The van der Waals surface area contributed by atoms with Gasteiger partial charge in [-0.15, -0.1) is 0 Å². The third-order valence-electron chi connectivity index (χ3n) is 14.9. The molecular weight excluding hydrogens is 1140 g/mol. The molecule has 494 valence electrons. The third-order valence-corrected chi connectivity index (χ3v) is 14.9. The van der Waals surface area contributed by atoms with E-state index in [1.807, 2.05) is 122 Å². The molecule has 0 aliphatic carbocycles. The molecule has 0 N–H and O–H groups in total. The van der Waals surface area contributed by atoms with Crippen LogP contribution in [0.2, 0.25) is 0 Å². The van der Waals surface area contributed by atoms with Gasteiger partial charge in [-0.2, -0.15) is 0 Å². The zero-order valence-electron chi connectivity index (χ0n) is 62.7. The molecule has 0 atom stereocenters. The van der Waals surface area contributed by atoms with Crippen molar-refractivity contribution in [2.45, 2.75) is 180 Å². The molecule has 3 heterocycles. The molecule has 0 bridgehead atoms. The first-order chi connectivity index (χ1) is 45.6. The Labute approximate surface area is 569 Å². The van der Waals surface area contributed by atoms with E-state index in [1.165, 1.54) is 137 Å². The molecular formula is C91H115N3. The molecule has 0 saturated heterocycles. The summed E-state index contributed by atoms with van der Waals surface area (Å²) >= 11 is 0. The predicted molar refractivity (Wildman–Crippen MR) is 428 cm³/mol. The number of rotatable bonds is 0. The summed E-state index contributed by atoms with van der Waals surface area (Å²) in [5.74, 6) is 0. The number of benzene rings is 11. The molecule has 0 spiro atoms. The van der Waals surface area contributed by atoms with Gasteiger partial charge in [0.05, 0.1) is 11.0 Å². The summed E-state index contributed by atoms with van der Waals surface area (Å²) in [7, 11) is 0. The molecule has 14 rings (SSSR count). The van der Waals surface area contributed by atoms with Crippen molar-refractivity contribution < 1.29 is 0 Å². The van der Waals surface area contributed by atoms with Crippen LogP contribution in [0.15, 0.2) is 225 Å². The van der Waals surface area contributed by atoms with Crippen molar-refractivity contribution in [3.63, 3.8) is 0 Å². The van der Waals surface area contributed by atoms with Crippen LogP contribution in [0.3, 0.4) is 0 Å². The maximum absolute atomic E-state index is 4.38. The van der Waals surface area contributed by atoms with E-state index in [-0.39, 0.29) is 0 Å². The van der Waals surface area contributed by atoms with E-state index in [1.54, 1.807) is 0 Å². The highest BCUT2D eigenvalue weighted by atomic mass is 14.7. The molecule has 3 aromatic heterocycles. The van der Waals surface area contributed by atoms with Crippen molar-refractivity contribution >= 4 is 86.4 Å². The minimum Gasteiger partial charge on any atom is -0.261 e. The van der Waals surface area contributed by atoms with E-state index < -0.39 is 0 Å². The molecule has 0 radical (unpaired) electrons. The molecule has 0 aliphatic heterocycles. The van der Waals surface area contributed by atoms with Crippen LogP contribution in [0.4, 0.5) is 0 Å². The van der Waals surface area contributed by atoms with Crippen molar-refractivity contribution in [3.05, 3.63) is 292 Å². The Balaban J connectivity index is 0.000000374. The fraction of sp³-hybridized carbons (Fsp3) is 0.286. The molecule has 0 unspecified atom stereocenters. The minimum absolute atomic E-state index is 1.08. The zero-order chi connectivity index (χ0) is 70.5. The number of hydrogen-bond donors (Lipinski definition) is 0. The van der Waals surface area contributed by atoms with Crippen molar-refractivity contribution in [2.75, 3.05) is 0 Å². The number of aryl methyl sites for hydroxylation is 12. The summed E-state index contributed by atoms with van der Waals surface area (Å²) in [6, 6.07) is 73.4. The van der Waals surface area contributed by atoms with E-state index in [0.29, 0.717) is 0 Å². The molecule has 0 fully saturated rings. The Morgan fingerprint density at radius 1 is 0.191 bits per heavy atom. The molecule has 3 heteroatoms. The Hall–Kier alpha value is -9.05. The molecule has 3 nitrogen and oxygen atoms in total. The van der Waals surface area contributed by atoms with E-state index in [4.69, 9.17) is 0 Å². The summed E-state index contributed by atoms with van der Waals surface area (Å²) < 4.78 is 0. The molecule has 94 heavy (non-hydrogen) atoms. The fourth-order valence-electron chi connectivity index (χ4n) is 10.6. The number of aromatic nitrogens is 3. The molecule has 0 amide bonds. The summed E-state index contributed by atoms with van der Waals surface area (Å²) in [6.45, 7) is 53.4. The summed E-state index contributed by atoms with van der Waals surface area (Å²) in [5.41, 5.74) is 17.5. The Kier molecular flexibility index (Phi) is 37.7.